The van der Waals surface area contributed by atoms with E-state index >= 15 is 0 Å². The molecular formula is C14H29N3O2. The number of nitrogens with two attached hydrogens (primary N) is 1. The van der Waals surface area contributed by atoms with Crippen LogP contribution in [0.25, 0.3) is 0 Å². The molecule has 1 rings (SSSR count). The molecule has 0 amide bonds. The second-order valence-electron chi connectivity index (χ2n) is 5.68. The van der Waals surface area contributed by atoms with Crippen LogP contribution in [0.5, 0.6) is 0 Å². The van der Waals surface area contributed by atoms with E-state index in [1.54, 1.807) is 6.92 Å². The summed E-state index contributed by atoms with van der Waals surface area (Å²) in [6.07, 6.45) is 0.684. The normalized spacial score (nSPS) is 19.6. The predicted octanol–water partition coefficient (Wildman–Crippen LogP) is 0.541. The molecule has 0 saturated carbocycles. The van der Waals surface area contributed by atoms with E-state index in [-0.39, 0.29) is 5.97 Å². The zero-order chi connectivity index (χ0) is 14.3. The lowest BCUT2D eigenvalue weighted by Crippen LogP contribution is -2.48. The number of piperazine rings is 1. The van der Waals surface area contributed by atoms with Gasteiger partial charge >= 0.3 is 5.97 Å². The molecule has 0 aromatic heterocycles. The second-order valence-corrected chi connectivity index (χ2v) is 5.68. The topological polar surface area (TPSA) is 58.8 Å². The quantitative estimate of drug-likeness (QED) is 0.685. The van der Waals surface area contributed by atoms with Gasteiger partial charge in [-0.3, -0.25) is 4.79 Å². The van der Waals surface area contributed by atoms with Crippen molar-refractivity contribution in [2.75, 3.05) is 45.9 Å². The van der Waals surface area contributed by atoms with Gasteiger partial charge in [0.25, 0.3) is 0 Å². The Morgan fingerprint density at radius 2 is 1.79 bits per heavy atom. The maximum absolute atomic E-state index is 11.4. The maximum Gasteiger partial charge on any atom is 0.322 e. The molecule has 112 valence electrons. The zero-order valence-electron chi connectivity index (χ0n) is 12.6. The molecular weight excluding hydrogens is 242 g/mol. The van der Waals surface area contributed by atoms with Gasteiger partial charge in [-0.25, -0.2) is 0 Å². The average Bonchev–Trinajstić information content (AvgIpc) is 2.37. The molecule has 1 aliphatic rings. The molecule has 0 bridgehead atoms. The average molecular weight is 271 g/mol. The van der Waals surface area contributed by atoms with Gasteiger partial charge in [0, 0.05) is 39.3 Å². The monoisotopic (exact) mass is 271 g/mol. The molecule has 0 aliphatic carbocycles. The van der Waals surface area contributed by atoms with Crippen molar-refractivity contribution in [2.45, 2.75) is 33.2 Å². The first kappa shape index (κ1) is 16.4. The van der Waals surface area contributed by atoms with Crippen LogP contribution in [0.1, 0.15) is 27.2 Å². The minimum absolute atomic E-state index is 0.277. The van der Waals surface area contributed by atoms with Gasteiger partial charge in [0.2, 0.25) is 0 Å². The smallest absolute Gasteiger partial charge is 0.322 e. The molecule has 19 heavy (non-hydrogen) atoms. The minimum Gasteiger partial charge on any atom is -0.465 e. The maximum atomic E-state index is 11.4. The molecule has 5 heteroatoms. The van der Waals surface area contributed by atoms with Crippen molar-refractivity contribution in [1.82, 2.24) is 9.80 Å². The van der Waals surface area contributed by atoms with E-state index in [9.17, 15) is 4.79 Å². The Hall–Kier alpha value is -0.650. The van der Waals surface area contributed by atoms with Gasteiger partial charge < -0.3 is 20.3 Å². The van der Waals surface area contributed by atoms with Crippen molar-refractivity contribution in [3.8, 4) is 0 Å². The zero-order valence-corrected chi connectivity index (χ0v) is 12.6. The predicted molar refractivity (Wildman–Crippen MR) is 76.9 cm³/mol. The highest BCUT2D eigenvalue weighted by Gasteiger charge is 2.20. The Labute approximate surface area is 117 Å². The number of carbonyl (C=O) groups excluding carboxylic acids is 1. The van der Waals surface area contributed by atoms with Crippen LogP contribution in [0.3, 0.4) is 0 Å². The standard InChI is InChI=1S/C14H29N3O2/c1-4-19-14(18)13(15)5-6-16-7-9-17(10-8-16)11-12(2)3/h12-13H,4-11,15H2,1-3H3. The SMILES string of the molecule is CCOC(=O)C(N)CCN1CCN(CC(C)C)CC1. The Bertz CT molecular complexity index is 263. The Balaban J connectivity index is 2.17. The highest BCUT2D eigenvalue weighted by atomic mass is 16.5. The van der Waals surface area contributed by atoms with E-state index in [0.717, 1.165) is 38.6 Å². The van der Waals surface area contributed by atoms with Crippen molar-refractivity contribution in [3.05, 3.63) is 0 Å². The molecule has 1 atom stereocenters. The molecule has 1 saturated heterocycles. The molecule has 1 fully saturated rings. The highest BCUT2D eigenvalue weighted by molar-refractivity contribution is 5.75. The fraction of sp³-hybridized carbons (Fsp3) is 0.929. The van der Waals surface area contributed by atoms with Gasteiger partial charge in [-0.15, -0.1) is 0 Å². The summed E-state index contributed by atoms with van der Waals surface area (Å²) >= 11 is 0. The van der Waals surface area contributed by atoms with Crippen LogP contribution in [0.15, 0.2) is 0 Å². The first-order chi connectivity index (χ1) is 9.02. The largest absolute Gasteiger partial charge is 0.465 e. The van der Waals surface area contributed by atoms with E-state index in [1.807, 2.05) is 0 Å². The summed E-state index contributed by atoms with van der Waals surface area (Å²) in [4.78, 5) is 16.3. The molecule has 1 aliphatic heterocycles. The van der Waals surface area contributed by atoms with Crippen LogP contribution in [0, 0.1) is 5.92 Å². The Morgan fingerprint density at radius 3 is 2.32 bits per heavy atom. The number of esters is 1. The van der Waals surface area contributed by atoms with Crippen molar-refractivity contribution in [1.29, 1.82) is 0 Å². The van der Waals surface area contributed by atoms with Crippen LogP contribution in [0.4, 0.5) is 0 Å². The second kappa shape index (κ2) is 8.51. The van der Waals surface area contributed by atoms with Crippen LogP contribution in [0.2, 0.25) is 0 Å². The molecule has 0 radical (unpaired) electrons. The Kier molecular flexibility index (Phi) is 7.34. The van der Waals surface area contributed by atoms with Gasteiger partial charge in [-0.05, 0) is 19.3 Å². The van der Waals surface area contributed by atoms with Gasteiger partial charge in [0.05, 0.1) is 6.61 Å². The molecule has 0 aromatic carbocycles. The highest BCUT2D eigenvalue weighted by Crippen LogP contribution is 2.06. The first-order valence-corrected chi connectivity index (χ1v) is 7.39. The van der Waals surface area contributed by atoms with E-state index in [2.05, 4.69) is 23.6 Å². The summed E-state index contributed by atoms with van der Waals surface area (Å²) < 4.78 is 4.91. The third kappa shape index (κ3) is 6.36. The number of carbonyl (C=O) groups is 1. The third-order valence-electron chi connectivity index (χ3n) is 3.43. The number of ether oxygens (including phenoxy) is 1. The number of rotatable bonds is 7. The summed E-state index contributed by atoms with van der Waals surface area (Å²) in [6.45, 7) is 13.2. The van der Waals surface area contributed by atoms with Crippen molar-refractivity contribution in [3.63, 3.8) is 0 Å². The lowest BCUT2D eigenvalue weighted by atomic mass is 10.1. The summed E-state index contributed by atoms with van der Waals surface area (Å²) in [5, 5.41) is 0. The van der Waals surface area contributed by atoms with Crippen LogP contribution in [-0.4, -0.2) is 67.7 Å². The van der Waals surface area contributed by atoms with Crippen LogP contribution >= 0.6 is 0 Å². The van der Waals surface area contributed by atoms with E-state index in [0.29, 0.717) is 13.0 Å². The molecule has 0 spiro atoms. The van der Waals surface area contributed by atoms with Crippen molar-refractivity contribution >= 4 is 5.97 Å². The van der Waals surface area contributed by atoms with Gasteiger partial charge in [-0.2, -0.15) is 0 Å². The van der Waals surface area contributed by atoms with Gasteiger partial charge in [0.15, 0.2) is 0 Å². The lowest BCUT2D eigenvalue weighted by Gasteiger charge is -2.35. The molecule has 2 N–H and O–H groups in total. The molecule has 0 aromatic rings. The fourth-order valence-corrected chi connectivity index (χ4v) is 2.40. The first-order valence-electron chi connectivity index (χ1n) is 7.39. The summed E-state index contributed by atoms with van der Waals surface area (Å²) in [6, 6.07) is -0.478. The minimum atomic E-state index is -0.478. The summed E-state index contributed by atoms with van der Waals surface area (Å²) in [5.41, 5.74) is 5.80. The van der Waals surface area contributed by atoms with Gasteiger partial charge in [0.1, 0.15) is 6.04 Å². The molecule has 1 unspecified atom stereocenters. The van der Waals surface area contributed by atoms with Crippen molar-refractivity contribution in [2.24, 2.45) is 11.7 Å². The molecule has 1 heterocycles. The number of nitrogens with zero attached hydrogens (tertiary/aromatic N) is 2. The van der Waals surface area contributed by atoms with Crippen molar-refractivity contribution < 1.29 is 9.53 Å². The van der Waals surface area contributed by atoms with Crippen LogP contribution < -0.4 is 5.73 Å². The lowest BCUT2D eigenvalue weighted by molar-refractivity contribution is -0.144. The van der Waals surface area contributed by atoms with E-state index in [1.165, 1.54) is 6.54 Å². The third-order valence-corrected chi connectivity index (χ3v) is 3.43. The molecule has 5 nitrogen and oxygen atoms in total. The summed E-state index contributed by atoms with van der Waals surface area (Å²) in [5.74, 6) is 0.449. The van der Waals surface area contributed by atoms with E-state index < -0.39 is 6.04 Å². The number of hydrogen-bond acceptors (Lipinski definition) is 5. The Morgan fingerprint density at radius 1 is 1.21 bits per heavy atom. The number of hydrogen-bond donors (Lipinski definition) is 1. The summed E-state index contributed by atoms with van der Waals surface area (Å²) in [7, 11) is 0. The van der Waals surface area contributed by atoms with Crippen LogP contribution in [-0.2, 0) is 9.53 Å². The fourth-order valence-electron chi connectivity index (χ4n) is 2.40. The van der Waals surface area contributed by atoms with E-state index in [4.69, 9.17) is 10.5 Å². The van der Waals surface area contributed by atoms with Gasteiger partial charge in [-0.1, -0.05) is 13.8 Å².